The van der Waals surface area contributed by atoms with E-state index in [1.54, 1.807) is 18.7 Å². The van der Waals surface area contributed by atoms with Gasteiger partial charge in [0.1, 0.15) is 4.90 Å². The van der Waals surface area contributed by atoms with Crippen LogP contribution in [-0.4, -0.2) is 24.7 Å². The maximum Gasteiger partial charge on any atom is 0.243 e. The number of nitrogens with one attached hydrogen (secondary N) is 1. The van der Waals surface area contributed by atoms with Crippen LogP contribution in [0.2, 0.25) is 0 Å². The molecule has 0 aliphatic heterocycles. The molecule has 0 spiro atoms. The Bertz CT molecular complexity index is 594. The summed E-state index contributed by atoms with van der Waals surface area (Å²) in [7, 11) is -1.66. The summed E-state index contributed by atoms with van der Waals surface area (Å²) in [6, 6.07) is 0. The largest absolute Gasteiger partial charge is 0.272 e. The second-order valence-electron chi connectivity index (χ2n) is 6.26. The monoisotopic (exact) mass is 297 g/mol. The molecule has 112 valence electrons. The molecule has 0 bridgehead atoms. The van der Waals surface area contributed by atoms with Crippen molar-refractivity contribution in [1.29, 1.82) is 0 Å². The zero-order valence-electron chi connectivity index (χ0n) is 12.2. The van der Waals surface area contributed by atoms with Crippen molar-refractivity contribution in [2.75, 3.05) is 6.54 Å². The summed E-state index contributed by atoms with van der Waals surface area (Å²) >= 11 is 0. The summed E-state index contributed by atoms with van der Waals surface area (Å²) in [6.07, 6.45) is 7.83. The van der Waals surface area contributed by atoms with E-state index in [-0.39, 0.29) is 0 Å². The van der Waals surface area contributed by atoms with Gasteiger partial charge < -0.3 is 0 Å². The van der Waals surface area contributed by atoms with Crippen molar-refractivity contribution < 1.29 is 8.42 Å². The number of rotatable bonds is 4. The molecule has 3 rings (SSSR count). The van der Waals surface area contributed by atoms with E-state index in [1.165, 1.54) is 38.3 Å². The van der Waals surface area contributed by atoms with Gasteiger partial charge in [0.15, 0.2) is 0 Å². The van der Waals surface area contributed by atoms with Gasteiger partial charge in [0.25, 0.3) is 0 Å². The molecule has 0 unspecified atom stereocenters. The fourth-order valence-corrected chi connectivity index (χ4v) is 5.27. The molecule has 0 aromatic carbocycles. The van der Waals surface area contributed by atoms with Crippen molar-refractivity contribution in [2.45, 2.75) is 43.9 Å². The molecule has 1 N–H and O–H groups in total. The maximum absolute atomic E-state index is 12.4. The molecule has 2 aliphatic carbocycles. The van der Waals surface area contributed by atoms with Gasteiger partial charge in [-0.05, 0) is 43.9 Å². The predicted molar refractivity (Wildman–Crippen MR) is 76.7 cm³/mol. The van der Waals surface area contributed by atoms with E-state index in [1.807, 2.05) is 0 Å². The molecular weight excluding hydrogens is 274 g/mol. The molecule has 3 atom stereocenters. The summed E-state index contributed by atoms with van der Waals surface area (Å²) in [6.45, 7) is 2.36. The molecule has 1 aromatic rings. The van der Waals surface area contributed by atoms with Crippen LogP contribution < -0.4 is 4.72 Å². The normalized spacial score (nSPS) is 29.8. The molecule has 1 heterocycles. The number of aryl methyl sites for hydroxylation is 1. The fraction of sp³-hybridized carbons (Fsp3) is 0.786. The predicted octanol–water partition coefficient (Wildman–Crippen LogP) is 1.83. The average Bonchev–Trinajstić information content (AvgIpc) is 3.05. The first-order valence-electron chi connectivity index (χ1n) is 7.47. The second-order valence-corrected chi connectivity index (χ2v) is 8.00. The van der Waals surface area contributed by atoms with Crippen molar-refractivity contribution in [2.24, 2.45) is 24.8 Å². The first-order chi connectivity index (χ1) is 9.49. The highest BCUT2D eigenvalue weighted by Gasteiger charge is 2.39. The van der Waals surface area contributed by atoms with Crippen molar-refractivity contribution in [1.82, 2.24) is 14.5 Å². The Hall–Kier alpha value is -0.880. The van der Waals surface area contributed by atoms with Gasteiger partial charge in [-0.15, -0.1) is 0 Å². The van der Waals surface area contributed by atoms with Gasteiger partial charge in [-0.3, -0.25) is 4.68 Å². The topological polar surface area (TPSA) is 64.0 Å². The van der Waals surface area contributed by atoms with Crippen molar-refractivity contribution in [3.63, 3.8) is 0 Å². The lowest BCUT2D eigenvalue weighted by atomic mass is 9.92. The summed E-state index contributed by atoms with van der Waals surface area (Å²) in [5.74, 6) is 2.12. The highest BCUT2D eigenvalue weighted by Crippen LogP contribution is 2.47. The third-order valence-electron chi connectivity index (χ3n) is 5.25. The van der Waals surface area contributed by atoms with E-state index >= 15 is 0 Å². The number of sulfonamides is 1. The number of hydrogen-bond acceptors (Lipinski definition) is 3. The third-order valence-corrected chi connectivity index (χ3v) is 6.77. The molecule has 6 heteroatoms. The summed E-state index contributed by atoms with van der Waals surface area (Å²) in [5, 5.41) is 4.01. The molecule has 20 heavy (non-hydrogen) atoms. The second kappa shape index (κ2) is 5.15. The Balaban J connectivity index is 1.67. The fourth-order valence-electron chi connectivity index (χ4n) is 3.98. The summed E-state index contributed by atoms with van der Waals surface area (Å²) < 4.78 is 29.1. The molecule has 5 nitrogen and oxygen atoms in total. The quantitative estimate of drug-likeness (QED) is 0.922. The van der Waals surface area contributed by atoms with Crippen LogP contribution in [0.4, 0.5) is 0 Å². The Kier molecular flexibility index (Phi) is 3.62. The number of aromatic nitrogens is 2. The van der Waals surface area contributed by atoms with Crippen molar-refractivity contribution >= 4 is 10.0 Å². The van der Waals surface area contributed by atoms with Gasteiger partial charge in [-0.1, -0.05) is 12.8 Å². The maximum atomic E-state index is 12.4. The number of hydrogen-bond donors (Lipinski definition) is 1. The standard InChI is InChI=1S/C14H23N3O2S/c1-10-14(9-15-17(10)2)20(18,19)16-8-12-7-6-11-4-3-5-13(11)12/h9,11-13,16H,3-8H2,1-2H3/t11-,12+,13-/m0/s1. The molecule has 2 saturated carbocycles. The van der Waals surface area contributed by atoms with Crippen LogP contribution in [0, 0.1) is 24.7 Å². The van der Waals surface area contributed by atoms with Gasteiger partial charge >= 0.3 is 0 Å². The van der Waals surface area contributed by atoms with Gasteiger partial charge in [-0.2, -0.15) is 5.10 Å². The van der Waals surface area contributed by atoms with Crippen LogP contribution in [0.3, 0.4) is 0 Å². The van der Waals surface area contributed by atoms with Crippen LogP contribution in [0.25, 0.3) is 0 Å². The minimum absolute atomic E-state index is 0.306. The van der Waals surface area contributed by atoms with Gasteiger partial charge in [0.05, 0.1) is 11.9 Å². The Morgan fingerprint density at radius 3 is 2.85 bits per heavy atom. The Labute approximate surface area is 120 Å². The lowest BCUT2D eigenvalue weighted by Crippen LogP contribution is -2.31. The molecule has 0 radical (unpaired) electrons. The van der Waals surface area contributed by atoms with Crippen LogP contribution >= 0.6 is 0 Å². The van der Waals surface area contributed by atoms with Crippen molar-refractivity contribution in [3.05, 3.63) is 11.9 Å². The smallest absolute Gasteiger partial charge is 0.243 e. The highest BCUT2D eigenvalue weighted by atomic mass is 32.2. The van der Waals surface area contributed by atoms with Gasteiger partial charge in [-0.25, -0.2) is 13.1 Å². The SMILES string of the molecule is Cc1c(S(=O)(=O)NC[C@H]2CC[C@@H]3CCC[C@@H]32)cnn1C. The van der Waals surface area contributed by atoms with E-state index in [9.17, 15) is 8.42 Å². The minimum atomic E-state index is -3.42. The van der Waals surface area contributed by atoms with E-state index in [0.717, 1.165) is 11.8 Å². The zero-order chi connectivity index (χ0) is 14.3. The first-order valence-corrected chi connectivity index (χ1v) is 8.95. The van der Waals surface area contributed by atoms with E-state index < -0.39 is 10.0 Å². The molecule has 0 amide bonds. The zero-order valence-corrected chi connectivity index (χ0v) is 13.0. The Morgan fingerprint density at radius 2 is 2.15 bits per heavy atom. The van der Waals surface area contributed by atoms with Crippen LogP contribution in [0.15, 0.2) is 11.1 Å². The van der Waals surface area contributed by atoms with Gasteiger partial charge in [0.2, 0.25) is 10.0 Å². The molecule has 0 saturated heterocycles. The first kappa shape index (κ1) is 14.1. The van der Waals surface area contributed by atoms with Crippen molar-refractivity contribution in [3.8, 4) is 0 Å². The highest BCUT2D eigenvalue weighted by molar-refractivity contribution is 7.89. The molecule has 1 aromatic heterocycles. The lowest BCUT2D eigenvalue weighted by molar-refractivity contribution is 0.352. The number of nitrogens with zero attached hydrogens (tertiary/aromatic N) is 2. The number of fused-ring (bicyclic) bond motifs is 1. The van der Waals surface area contributed by atoms with E-state index in [4.69, 9.17) is 0 Å². The Morgan fingerprint density at radius 1 is 1.35 bits per heavy atom. The van der Waals surface area contributed by atoms with E-state index in [2.05, 4.69) is 9.82 Å². The van der Waals surface area contributed by atoms with Crippen LogP contribution in [0.5, 0.6) is 0 Å². The average molecular weight is 297 g/mol. The van der Waals surface area contributed by atoms with Gasteiger partial charge in [0, 0.05) is 13.6 Å². The lowest BCUT2D eigenvalue weighted by Gasteiger charge is -2.18. The third kappa shape index (κ3) is 2.39. The summed E-state index contributed by atoms with van der Waals surface area (Å²) in [4.78, 5) is 0.306. The van der Waals surface area contributed by atoms with E-state index in [0.29, 0.717) is 23.1 Å². The molecular formula is C14H23N3O2S. The van der Waals surface area contributed by atoms with Crippen LogP contribution in [0.1, 0.15) is 37.8 Å². The summed E-state index contributed by atoms with van der Waals surface area (Å²) in [5.41, 5.74) is 0.683. The minimum Gasteiger partial charge on any atom is -0.272 e. The van der Waals surface area contributed by atoms with Crippen LogP contribution in [-0.2, 0) is 17.1 Å². The molecule has 2 fully saturated rings. The molecule has 2 aliphatic rings.